The number of sulfonamides is 1. The second kappa shape index (κ2) is 7.75. The van der Waals surface area contributed by atoms with Crippen LogP contribution in [0.3, 0.4) is 0 Å². The van der Waals surface area contributed by atoms with Gasteiger partial charge in [-0.15, -0.1) is 4.40 Å². The highest BCUT2D eigenvalue weighted by Gasteiger charge is 2.16. The second-order valence-electron chi connectivity index (χ2n) is 4.75. The Morgan fingerprint density at radius 3 is 2.18 bits per heavy atom. The van der Waals surface area contributed by atoms with Crippen molar-refractivity contribution in [2.45, 2.75) is 24.7 Å². The van der Waals surface area contributed by atoms with Gasteiger partial charge in [0, 0.05) is 5.56 Å². The van der Waals surface area contributed by atoms with Crippen molar-refractivity contribution in [3.63, 3.8) is 0 Å². The number of nitrogens with zero attached hydrogens (tertiary/aromatic N) is 1. The fraction of sp³-hybridized carbons (Fsp3) is 0.235. The molecule has 2 aromatic carbocycles. The minimum absolute atomic E-state index is 0.137. The van der Waals surface area contributed by atoms with Gasteiger partial charge >= 0.3 is 0 Å². The molecule has 0 unspecified atom stereocenters. The SMILES string of the molecule is CCCCO/C(=N/S(=O)(=O)c1ccccc1)c1ccccc1. The minimum atomic E-state index is -3.78. The van der Waals surface area contributed by atoms with Crippen molar-refractivity contribution in [3.8, 4) is 0 Å². The molecule has 4 nitrogen and oxygen atoms in total. The Bertz CT molecular complexity index is 710. The zero-order chi connectivity index (χ0) is 15.8. The zero-order valence-electron chi connectivity index (χ0n) is 12.5. The number of hydrogen-bond acceptors (Lipinski definition) is 3. The molecule has 0 aromatic heterocycles. The van der Waals surface area contributed by atoms with Crippen molar-refractivity contribution in [2.75, 3.05) is 6.61 Å². The average molecular weight is 317 g/mol. The van der Waals surface area contributed by atoms with Crippen LogP contribution in [0.2, 0.25) is 0 Å². The monoisotopic (exact) mass is 317 g/mol. The van der Waals surface area contributed by atoms with Crippen LogP contribution in [0.1, 0.15) is 25.3 Å². The van der Waals surface area contributed by atoms with E-state index in [0.717, 1.165) is 12.8 Å². The molecule has 116 valence electrons. The Morgan fingerprint density at radius 2 is 1.59 bits per heavy atom. The molecule has 0 heterocycles. The standard InChI is InChI=1S/C17H19NO3S/c1-2-3-14-21-17(15-10-6-4-7-11-15)18-22(19,20)16-12-8-5-9-13-16/h4-13H,2-3,14H2,1H3/b18-17+. The maximum absolute atomic E-state index is 12.4. The summed E-state index contributed by atoms with van der Waals surface area (Å²) < 4.78 is 34.2. The van der Waals surface area contributed by atoms with E-state index in [1.54, 1.807) is 30.3 Å². The van der Waals surface area contributed by atoms with Crippen LogP contribution in [-0.4, -0.2) is 20.9 Å². The molecule has 0 fully saturated rings. The maximum Gasteiger partial charge on any atom is 0.285 e. The van der Waals surface area contributed by atoms with E-state index < -0.39 is 10.0 Å². The fourth-order valence-corrected chi connectivity index (χ4v) is 2.79. The number of rotatable bonds is 6. The molecule has 2 rings (SSSR count). The highest BCUT2D eigenvalue weighted by atomic mass is 32.2. The Kier molecular flexibility index (Phi) is 5.72. The van der Waals surface area contributed by atoms with Gasteiger partial charge in [-0.25, -0.2) is 0 Å². The molecular formula is C17H19NO3S. The van der Waals surface area contributed by atoms with Gasteiger partial charge < -0.3 is 4.74 Å². The van der Waals surface area contributed by atoms with Crippen LogP contribution in [0.25, 0.3) is 0 Å². The summed E-state index contributed by atoms with van der Waals surface area (Å²) in [4.78, 5) is 0.155. The normalized spacial score (nSPS) is 12.1. The molecule has 0 saturated carbocycles. The van der Waals surface area contributed by atoms with E-state index in [4.69, 9.17) is 4.74 Å². The lowest BCUT2D eigenvalue weighted by molar-refractivity contribution is 0.298. The first-order valence-corrected chi connectivity index (χ1v) is 8.65. The van der Waals surface area contributed by atoms with Crippen LogP contribution in [0, 0.1) is 0 Å². The maximum atomic E-state index is 12.4. The van der Waals surface area contributed by atoms with Crippen LogP contribution in [0.5, 0.6) is 0 Å². The molecular weight excluding hydrogens is 298 g/mol. The van der Waals surface area contributed by atoms with Gasteiger partial charge in [0.15, 0.2) is 0 Å². The first-order valence-electron chi connectivity index (χ1n) is 7.21. The Labute approximate surface area is 131 Å². The largest absolute Gasteiger partial charge is 0.477 e. The predicted molar refractivity (Wildman–Crippen MR) is 87.5 cm³/mol. The molecule has 0 aliphatic heterocycles. The van der Waals surface area contributed by atoms with Crippen LogP contribution in [0.4, 0.5) is 0 Å². The third kappa shape index (κ3) is 4.43. The Morgan fingerprint density at radius 1 is 1.00 bits per heavy atom. The number of hydrogen-bond donors (Lipinski definition) is 0. The summed E-state index contributed by atoms with van der Waals surface area (Å²) in [5.74, 6) is 0.137. The van der Waals surface area contributed by atoms with Gasteiger partial charge in [0.05, 0.1) is 11.5 Å². The van der Waals surface area contributed by atoms with Gasteiger partial charge in [0.2, 0.25) is 5.90 Å². The summed E-state index contributed by atoms with van der Waals surface area (Å²) in [7, 11) is -3.78. The zero-order valence-corrected chi connectivity index (χ0v) is 13.3. The number of benzene rings is 2. The van der Waals surface area contributed by atoms with E-state index in [2.05, 4.69) is 4.40 Å². The summed E-state index contributed by atoms with van der Waals surface area (Å²) in [6, 6.07) is 17.2. The topological polar surface area (TPSA) is 55.7 Å². The molecule has 0 spiro atoms. The molecule has 22 heavy (non-hydrogen) atoms. The minimum Gasteiger partial charge on any atom is -0.477 e. The second-order valence-corrected chi connectivity index (χ2v) is 6.36. The predicted octanol–water partition coefficient (Wildman–Crippen LogP) is 3.64. The molecule has 0 aliphatic rings. The molecule has 0 amide bonds. The molecule has 0 aliphatic carbocycles. The quantitative estimate of drug-likeness (QED) is 0.464. The number of ether oxygens (including phenoxy) is 1. The van der Waals surface area contributed by atoms with Crippen molar-refractivity contribution in [2.24, 2.45) is 4.40 Å². The van der Waals surface area contributed by atoms with Gasteiger partial charge in [-0.05, 0) is 30.7 Å². The van der Waals surface area contributed by atoms with E-state index in [-0.39, 0.29) is 10.8 Å². The van der Waals surface area contributed by atoms with Crippen LogP contribution in [0.15, 0.2) is 70.0 Å². The average Bonchev–Trinajstić information content (AvgIpc) is 2.56. The van der Waals surface area contributed by atoms with Gasteiger partial charge in [0.1, 0.15) is 0 Å². The van der Waals surface area contributed by atoms with E-state index in [1.165, 1.54) is 12.1 Å². The third-order valence-corrected chi connectivity index (χ3v) is 4.28. The van der Waals surface area contributed by atoms with Crippen molar-refractivity contribution >= 4 is 15.9 Å². The summed E-state index contributed by atoms with van der Waals surface area (Å²) in [5, 5.41) is 0. The number of unbranched alkanes of at least 4 members (excludes halogenated alkanes) is 1. The van der Waals surface area contributed by atoms with Gasteiger partial charge in [-0.3, -0.25) is 0 Å². The summed E-state index contributed by atoms with van der Waals surface area (Å²) in [6.45, 7) is 2.48. The molecule has 0 saturated heterocycles. The van der Waals surface area contributed by atoms with Crippen LogP contribution >= 0.6 is 0 Å². The van der Waals surface area contributed by atoms with Gasteiger partial charge in [-0.2, -0.15) is 8.42 Å². The highest BCUT2D eigenvalue weighted by molar-refractivity contribution is 7.90. The third-order valence-electron chi connectivity index (χ3n) is 3.00. The summed E-state index contributed by atoms with van der Waals surface area (Å²) in [6.07, 6.45) is 1.81. The molecule has 0 radical (unpaired) electrons. The van der Waals surface area contributed by atoms with Gasteiger partial charge in [-0.1, -0.05) is 49.7 Å². The fourth-order valence-electron chi connectivity index (χ4n) is 1.81. The first-order chi connectivity index (χ1) is 10.6. The molecule has 2 aromatic rings. The highest BCUT2D eigenvalue weighted by Crippen LogP contribution is 2.14. The van der Waals surface area contributed by atoms with Crippen molar-refractivity contribution < 1.29 is 13.2 Å². The lowest BCUT2D eigenvalue weighted by Crippen LogP contribution is -2.11. The van der Waals surface area contributed by atoms with Crippen LogP contribution < -0.4 is 0 Å². The van der Waals surface area contributed by atoms with Gasteiger partial charge in [0.25, 0.3) is 10.0 Å². The van der Waals surface area contributed by atoms with Crippen molar-refractivity contribution in [1.29, 1.82) is 0 Å². The van der Waals surface area contributed by atoms with Crippen molar-refractivity contribution in [3.05, 3.63) is 66.2 Å². The van der Waals surface area contributed by atoms with E-state index >= 15 is 0 Å². The van der Waals surface area contributed by atoms with E-state index in [9.17, 15) is 8.42 Å². The molecule has 0 atom stereocenters. The van der Waals surface area contributed by atoms with E-state index in [0.29, 0.717) is 12.2 Å². The molecule has 0 N–H and O–H groups in total. The Balaban J connectivity index is 2.35. The van der Waals surface area contributed by atoms with Crippen LogP contribution in [-0.2, 0) is 14.8 Å². The lowest BCUT2D eigenvalue weighted by Gasteiger charge is -2.09. The molecule has 0 bridgehead atoms. The Hall–Kier alpha value is -2.14. The lowest BCUT2D eigenvalue weighted by atomic mass is 10.2. The van der Waals surface area contributed by atoms with E-state index in [1.807, 2.05) is 25.1 Å². The molecule has 5 heteroatoms. The summed E-state index contributed by atoms with van der Waals surface area (Å²) >= 11 is 0. The first kappa shape index (κ1) is 16.2. The van der Waals surface area contributed by atoms with Crippen molar-refractivity contribution in [1.82, 2.24) is 0 Å². The smallest absolute Gasteiger partial charge is 0.285 e. The summed E-state index contributed by atoms with van der Waals surface area (Å²) in [5.41, 5.74) is 0.651.